The molecule has 0 aliphatic rings. The van der Waals surface area contributed by atoms with Crippen molar-refractivity contribution in [2.45, 2.75) is 6.92 Å². The fourth-order valence-electron chi connectivity index (χ4n) is 3.79. The highest BCUT2D eigenvalue weighted by Crippen LogP contribution is 2.26. The van der Waals surface area contributed by atoms with E-state index in [1.54, 1.807) is 25.1 Å². The van der Waals surface area contributed by atoms with E-state index in [4.69, 9.17) is 4.42 Å². The Balaban J connectivity index is 1.50. The number of hydrogen-bond donors (Lipinski definition) is 2. The molecular weight excluding hydrogens is 404 g/mol. The molecule has 32 heavy (non-hydrogen) atoms. The van der Waals surface area contributed by atoms with Crippen molar-refractivity contribution >= 4 is 44.1 Å². The van der Waals surface area contributed by atoms with Gasteiger partial charge in [-0.1, -0.05) is 54.6 Å². The zero-order valence-corrected chi connectivity index (χ0v) is 17.1. The summed E-state index contributed by atoms with van der Waals surface area (Å²) in [6.07, 6.45) is 0. The van der Waals surface area contributed by atoms with Crippen LogP contribution in [0.5, 0.6) is 5.75 Å². The molecule has 156 valence electrons. The first-order valence-corrected chi connectivity index (χ1v) is 10.0. The molecule has 5 aromatic rings. The number of hydrogen-bond acceptors (Lipinski definition) is 5. The van der Waals surface area contributed by atoms with Crippen LogP contribution in [0.15, 0.2) is 93.2 Å². The third-order valence-corrected chi connectivity index (χ3v) is 5.47. The van der Waals surface area contributed by atoms with Crippen LogP contribution in [0.2, 0.25) is 0 Å². The highest BCUT2D eigenvalue weighted by atomic mass is 16.4. The number of phenolic OH excluding ortho intramolecular Hbond substituents is 1. The molecule has 6 heteroatoms. The van der Waals surface area contributed by atoms with Gasteiger partial charge in [-0.25, -0.2) is 10.2 Å². The second-order valence-corrected chi connectivity index (χ2v) is 7.50. The molecule has 0 atom stereocenters. The summed E-state index contributed by atoms with van der Waals surface area (Å²) in [6.45, 7) is 1.61. The predicted octanol–water partition coefficient (Wildman–Crippen LogP) is 4.96. The quantitative estimate of drug-likeness (QED) is 0.186. The second kappa shape index (κ2) is 7.67. The molecule has 0 saturated heterocycles. The van der Waals surface area contributed by atoms with Gasteiger partial charge in [-0.3, -0.25) is 4.79 Å². The molecule has 5 rings (SSSR count). The Morgan fingerprint density at radius 1 is 0.844 bits per heavy atom. The summed E-state index contributed by atoms with van der Waals surface area (Å²) >= 11 is 0. The third-order valence-electron chi connectivity index (χ3n) is 5.47. The highest BCUT2D eigenvalue weighted by Gasteiger charge is 2.14. The van der Waals surface area contributed by atoms with Gasteiger partial charge in [0, 0.05) is 5.39 Å². The lowest BCUT2D eigenvalue weighted by Crippen LogP contribution is -2.21. The monoisotopic (exact) mass is 422 g/mol. The van der Waals surface area contributed by atoms with Gasteiger partial charge in [-0.15, -0.1) is 0 Å². The Hall–Kier alpha value is -4.45. The first kappa shape index (κ1) is 19.5. The van der Waals surface area contributed by atoms with Gasteiger partial charge in [-0.2, -0.15) is 5.10 Å². The number of nitrogens with zero attached hydrogens (tertiary/aromatic N) is 1. The zero-order chi connectivity index (χ0) is 22.2. The number of fused-ring (bicyclic) bond motifs is 4. The highest BCUT2D eigenvalue weighted by molar-refractivity contribution is 6.09. The average Bonchev–Trinajstić information content (AvgIpc) is 2.81. The molecule has 0 bridgehead atoms. The lowest BCUT2D eigenvalue weighted by atomic mass is 10.0. The molecule has 6 nitrogen and oxygen atoms in total. The topological polar surface area (TPSA) is 91.9 Å². The molecule has 1 amide bonds. The summed E-state index contributed by atoms with van der Waals surface area (Å²) < 4.78 is 5.49. The Morgan fingerprint density at radius 3 is 2.31 bits per heavy atom. The molecule has 0 aliphatic heterocycles. The molecular formula is C26H18N2O4. The maximum Gasteiger partial charge on any atom is 0.345 e. The smallest absolute Gasteiger partial charge is 0.345 e. The number of carbonyl (C=O) groups is 1. The van der Waals surface area contributed by atoms with Crippen LogP contribution in [0.3, 0.4) is 0 Å². The van der Waals surface area contributed by atoms with Crippen LogP contribution in [0, 0.1) is 0 Å². The van der Waals surface area contributed by atoms with E-state index in [0.717, 1.165) is 26.9 Å². The van der Waals surface area contributed by atoms with Crippen LogP contribution < -0.4 is 11.1 Å². The zero-order valence-electron chi connectivity index (χ0n) is 17.1. The number of nitrogens with one attached hydrogen (secondary N) is 1. The number of benzene rings is 4. The second-order valence-electron chi connectivity index (χ2n) is 7.50. The van der Waals surface area contributed by atoms with E-state index in [1.807, 2.05) is 54.6 Å². The normalized spacial score (nSPS) is 11.8. The number of aromatic hydroxyl groups is 1. The first-order chi connectivity index (χ1) is 15.5. The summed E-state index contributed by atoms with van der Waals surface area (Å²) in [6, 6.07) is 23.7. The van der Waals surface area contributed by atoms with Crippen molar-refractivity contribution in [3.05, 3.63) is 100 Å². The van der Waals surface area contributed by atoms with E-state index in [1.165, 1.54) is 6.07 Å². The van der Waals surface area contributed by atoms with E-state index in [9.17, 15) is 14.7 Å². The Labute approximate surface area is 182 Å². The van der Waals surface area contributed by atoms with E-state index >= 15 is 0 Å². The van der Waals surface area contributed by atoms with Gasteiger partial charge in [0.25, 0.3) is 5.91 Å². The maximum atomic E-state index is 12.6. The van der Waals surface area contributed by atoms with Gasteiger partial charge in [0.05, 0.1) is 16.8 Å². The van der Waals surface area contributed by atoms with Crippen molar-refractivity contribution in [1.29, 1.82) is 0 Å². The van der Waals surface area contributed by atoms with E-state index in [2.05, 4.69) is 10.5 Å². The Bertz CT molecular complexity index is 1620. The van der Waals surface area contributed by atoms with Gasteiger partial charge in [-0.05, 0) is 52.7 Å². The van der Waals surface area contributed by atoms with E-state index in [-0.39, 0.29) is 16.9 Å². The number of phenols is 1. The van der Waals surface area contributed by atoms with Gasteiger partial charge >= 0.3 is 5.63 Å². The minimum Gasteiger partial charge on any atom is -0.507 e. The number of carbonyl (C=O) groups excluding carboxylic acids is 1. The summed E-state index contributed by atoms with van der Waals surface area (Å²) in [7, 11) is 0. The van der Waals surface area contributed by atoms with E-state index in [0.29, 0.717) is 11.3 Å². The summed E-state index contributed by atoms with van der Waals surface area (Å²) in [4.78, 5) is 25.2. The van der Waals surface area contributed by atoms with Crippen LogP contribution >= 0.6 is 0 Å². The Morgan fingerprint density at radius 2 is 1.53 bits per heavy atom. The molecule has 0 aliphatic carbocycles. The fourth-order valence-corrected chi connectivity index (χ4v) is 3.79. The molecule has 0 unspecified atom stereocenters. The maximum absolute atomic E-state index is 12.6. The van der Waals surface area contributed by atoms with Crippen LogP contribution in [0.4, 0.5) is 0 Å². The van der Waals surface area contributed by atoms with Crippen LogP contribution in [0.1, 0.15) is 22.8 Å². The van der Waals surface area contributed by atoms with E-state index < -0.39 is 11.5 Å². The minimum atomic E-state index is -0.580. The molecule has 0 spiro atoms. The van der Waals surface area contributed by atoms with Crippen molar-refractivity contribution in [1.82, 2.24) is 5.43 Å². The first-order valence-electron chi connectivity index (χ1n) is 10.0. The number of amides is 1. The van der Waals surface area contributed by atoms with Crippen LogP contribution in [-0.4, -0.2) is 16.7 Å². The number of rotatable bonds is 3. The molecule has 1 heterocycles. The predicted molar refractivity (Wildman–Crippen MR) is 125 cm³/mol. The van der Waals surface area contributed by atoms with Crippen molar-refractivity contribution in [3.8, 4) is 5.75 Å². The van der Waals surface area contributed by atoms with Gasteiger partial charge in [0.15, 0.2) is 0 Å². The van der Waals surface area contributed by atoms with Crippen LogP contribution in [-0.2, 0) is 0 Å². The third kappa shape index (κ3) is 3.37. The van der Waals surface area contributed by atoms with Crippen molar-refractivity contribution < 1.29 is 14.3 Å². The Kier molecular flexibility index (Phi) is 4.67. The lowest BCUT2D eigenvalue weighted by molar-refractivity contribution is 0.0952. The summed E-state index contributed by atoms with van der Waals surface area (Å²) in [5, 5.41) is 18.7. The number of hydrazone groups is 1. The minimum absolute atomic E-state index is 0.0942. The summed E-state index contributed by atoms with van der Waals surface area (Å²) in [5.74, 6) is -0.728. The fraction of sp³-hybridized carbons (Fsp3) is 0.0385. The lowest BCUT2D eigenvalue weighted by Gasteiger charge is -2.07. The van der Waals surface area contributed by atoms with Crippen molar-refractivity contribution in [3.63, 3.8) is 0 Å². The molecule has 0 fully saturated rings. The largest absolute Gasteiger partial charge is 0.507 e. The molecule has 1 aromatic heterocycles. The van der Waals surface area contributed by atoms with Gasteiger partial charge < -0.3 is 9.52 Å². The van der Waals surface area contributed by atoms with Gasteiger partial charge in [0.1, 0.15) is 11.3 Å². The van der Waals surface area contributed by atoms with Crippen LogP contribution in [0.25, 0.3) is 32.5 Å². The molecule has 4 aromatic carbocycles. The standard InChI is InChI=1S/C26H18N2O4/c1-15(27-28-25(30)22-12-17-7-2-3-8-18(17)13-23(22)29)20-14-21-19-9-5-4-6-16(19)10-11-24(21)32-26(20)31/h2-14,29H,1H3,(H,28,30)/b27-15-. The molecule has 2 N–H and O–H groups in total. The SMILES string of the molecule is C/C(=N/NC(=O)c1cc2ccccc2cc1O)c1cc2c(ccc3ccccc32)oc1=O. The summed E-state index contributed by atoms with van der Waals surface area (Å²) in [5.41, 5.74) is 3.00. The molecule has 0 radical (unpaired) electrons. The van der Waals surface area contributed by atoms with Gasteiger partial charge in [0.2, 0.25) is 0 Å². The molecule has 0 saturated carbocycles. The van der Waals surface area contributed by atoms with Crippen molar-refractivity contribution in [2.24, 2.45) is 5.10 Å². The van der Waals surface area contributed by atoms with Crippen molar-refractivity contribution in [2.75, 3.05) is 0 Å². The average molecular weight is 422 g/mol.